The van der Waals surface area contributed by atoms with Gasteiger partial charge in [0, 0.05) is 24.3 Å². The van der Waals surface area contributed by atoms with E-state index in [4.69, 9.17) is 0 Å². The van der Waals surface area contributed by atoms with Gasteiger partial charge in [-0.05, 0) is 13.0 Å². The topological polar surface area (TPSA) is 78.0 Å². The number of fused-ring (bicyclic) bond motifs is 1. The molecular weight excluding hydrogens is 194 g/mol. The molecule has 0 aromatic carbocycles. The lowest BCUT2D eigenvalue weighted by Crippen LogP contribution is -2.23. The van der Waals surface area contributed by atoms with Gasteiger partial charge in [-0.3, -0.25) is 4.79 Å². The number of amides is 1. The Morgan fingerprint density at radius 3 is 3.20 bits per heavy atom. The zero-order chi connectivity index (χ0) is 10.8. The first kappa shape index (κ1) is 9.51. The third-order valence-electron chi connectivity index (χ3n) is 2.13. The van der Waals surface area contributed by atoms with Gasteiger partial charge in [-0.15, -0.1) is 0 Å². The first-order valence-electron chi connectivity index (χ1n) is 4.67. The molecule has 1 amide bonds. The van der Waals surface area contributed by atoms with Gasteiger partial charge in [0.05, 0.1) is 5.52 Å². The third-order valence-corrected chi connectivity index (χ3v) is 2.13. The lowest BCUT2D eigenvalue weighted by Gasteiger charge is -2.01. The Balaban J connectivity index is 2.56. The van der Waals surface area contributed by atoms with Gasteiger partial charge in [-0.25, -0.2) is 4.98 Å². The van der Waals surface area contributed by atoms with Crippen LogP contribution in [0.1, 0.15) is 17.4 Å². The van der Waals surface area contributed by atoms with E-state index in [-0.39, 0.29) is 11.7 Å². The molecule has 78 valence electrons. The minimum absolute atomic E-state index is 0.123. The van der Waals surface area contributed by atoms with Crippen LogP contribution in [0.15, 0.2) is 18.5 Å². The number of hydrogen-bond acceptors (Lipinski definition) is 3. The van der Waals surface area contributed by atoms with Gasteiger partial charge in [0.1, 0.15) is 5.75 Å². The normalized spacial score (nSPS) is 10.5. The molecule has 3 N–H and O–H groups in total. The summed E-state index contributed by atoms with van der Waals surface area (Å²) in [7, 11) is 0. The summed E-state index contributed by atoms with van der Waals surface area (Å²) in [6, 6.07) is 1.66. The van der Waals surface area contributed by atoms with Gasteiger partial charge in [-0.2, -0.15) is 0 Å². The summed E-state index contributed by atoms with van der Waals surface area (Å²) in [5.74, 6) is -0.122. The molecule has 5 nitrogen and oxygen atoms in total. The highest BCUT2D eigenvalue weighted by Crippen LogP contribution is 2.24. The van der Waals surface area contributed by atoms with E-state index >= 15 is 0 Å². The summed E-state index contributed by atoms with van der Waals surface area (Å²) in [5.41, 5.74) is 0.857. The number of aromatic hydroxyl groups is 1. The molecule has 0 saturated heterocycles. The Kier molecular flexibility index (Phi) is 2.29. The van der Waals surface area contributed by atoms with Crippen molar-refractivity contribution in [1.29, 1.82) is 0 Å². The van der Waals surface area contributed by atoms with Crippen molar-refractivity contribution < 1.29 is 9.90 Å². The van der Waals surface area contributed by atoms with E-state index in [1.807, 2.05) is 6.92 Å². The first-order valence-corrected chi connectivity index (χ1v) is 4.67. The van der Waals surface area contributed by atoms with Crippen LogP contribution in [0.4, 0.5) is 0 Å². The maximum atomic E-state index is 11.6. The standard InChI is InChI=1S/C10H11N3O2/c1-2-11-10(15)9-8-6(3-4-12-9)7(14)5-13-8/h3-5,13-14H,2H2,1H3,(H,11,15). The van der Waals surface area contributed by atoms with E-state index in [0.717, 1.165) is 0 Å². The Morgan fingerprint density at radius 1 is 1.67 bits per heavy atom. The number of carbonyl (C=O) groups excluding carboxylic acids is 1. The van der Waals surface area contributed by atoms with Crippen LogP contribution in [-0.4, -0.2) is 27.5 Å². The molecule has 0 spiro atoms. The predicted molar refractivity (Wildman–Crippen MR) is 55.8 cm³/mol. The van der Waals surface area contributed by atoms with Crippen LogP contribution in [0.3, 0.4) is 0 Å². The van der Waals surface area contributed by atoms with Crippen molar-refractivity contribution in [2.45, 2.75) is 6.92 Å². The second-order valence-electron chi connectivity index (χ2n) is 3.12. The van der Waals surface area contributed by atoms with E-state index < -0.39 is 0 Å². The number of rotatable bonds is 2. The number of pyridine rings is 1. The third kappa shape index (κ3) is 1.52. The highest BCUT2D eigenvalue weighted by molar-refractivity contribution is 6.05. The molecule has 0 aliphatic rings. The molecular formula is C10H11N3O2. The molecule has 0 saturated carbocycles. The molecule has 2 heterocycles. The van der Waals surface area contributed by atoms with Crippen LogP contribution in [-0.2, 0) is 0 Å². The van der Waals surface area contributed by atoms with Gasteiger partial charge >= 0.3 is 0 Å². The molecule has 2 rings (SSSR count). The lowest BCUT2D eigenvalue weighted by molar-refractivity contribution is 0.0952. The highest BCUT2D eigenvalue weighted by Gasteiger charge is 2.13. The van der Waals surface area contributed by atoms with Crippen molar-refractivity contribution in [3.63, 3.8) is 0 Å². The maximum absolute atomic E-state index is 11.6. The van der Waals surface area contributed by atoms with Crippen molar-refractivity contribution in [2.24, 2.45) is 0 Å². The summed E-state index contributed by atoms with van der Waals surface area (Å²) >= 11 is 0. The minimum atomic E-state index is -0.245. The Labute approximate surface area is 86.1 Å². The fraction of sp³-hybridized carbons (Fsp3) is 0.200. The zero-order valence-electron chi connectivity index (χ0n) is 8.24. The molecule has 15 heavy (non-hydrogen) atoms. The second kappa shape index (κ2) is 3.61. The predicted octanol–water partition coefficient (Wildman–Crippen LogP) is 1.02. The molecule has 0 unspecified atom stereocenters. The summed E-state index contributed by atoms with van der Waals surface area (Å²) in [6.07, 6.45) is 2.94. The van der Waals surface area contributed by atoms with Gasteiger partial charge in [-0.1, -0.05) is 0 Å². The van der Waals surface area contributed by atoms with Gasteiger partial charge < -0.3 is 15.4 Å². The van der Waals surface area contributed by atoms with Crippen LogP contribution >= 0.6 is 0 Å². The summed E-state index contributed by atoms with van der Waals surface area (Å²) in [4.78, 5) is 18.4. The fourth-order valence-electron chi connectivity index (χ4n) is 1.46. The number of aromatic nitrogens is 2. The quantitative estimate of drug-likeness (QED) is 0.684. The smallest absolute Gasteiger partial charge is 0.272 e. The van der Waals surface area contributed by atoms with E-state index in [9.17, 15) is 9.90 Å². The van der Waals surface area contributed by atoms with Gasteiger partial charge in [0.2, 0.25) is 0 Å². The van der Waals surface area contributed by atoms with E-state index in [1.165, 1.54) is 12.4 Å². The Morgan fingerprint density at radius 2 is 2.47 bits per heavy atom. The van der Waals surface area contributed by atoms with Crippen molar-refractivity contribution >= 4 is 16.8 Å². The molecule has 5 heteroatoms. The summed E-state index contributed by atoms with van der Waals surface area (Å²) < 4.78 is 0. The molecule has 0 radical (unpaired) electrons. The first-order chi connectivity index (χ1) is 7.24. The Hall–Kier alpha value is -2.04. The molecule has 0 fully saturated rings. The zero-order valence-corrected chi connectivity index (χ0v) is 8.24. The van der Waals surface area contributed by atoms with Crippen molar-refractivity contribution in [2.75, 3.05) is 6.54 Å². The van der Waals surface area contributed by atoms with Crippen molar-refractivity contribution in [3.05, 3.63) is 24.2 Å². The second-order valence-corrected chi connectivity index (χ2v) is 3.12. The highest BCUT2D eigenvalue weighted by atomic mass is 16.3. The van der Waals surface area contributed by atoms with Gasteiger partial charge in [0.25, 0.3) is 5.91 Å². The summed E-state index contributed by atoms with van der Waals surface area (Å²) in [6.45, 7) is 2.38. The summed E-state index contributed by atoms with van der Waals surface area (Å²) in [5, 5.41) is 12.7. The van der Waals surface area contributed by atoms with E-state index in [2.05, 4.69) is 15.3 Å². The maximum Gasteiger partial charge on any atom is 0.272 e. The minimum Gasteiger partial charge on any atom is -0.506 e. The molecule has 2 aromatic rings. The van der Waals surface area contributed by atoms with Crippen molar-refractivity contribution in [3.8, 4) is 5.75 Å². The largest absolute Gasteiger partial charge is 0.506 e. The van der Waals surface area contributed by atoms with Crippen LogP contribution in [0.2, 0.25) is 0 Å². The molecule has 0 bridgehead atoms. The molecule has 0 aliphatic carbocycles. The average Bonchev–Trinajstić information content (AvgIpc) is 2.61. The molecule has 0 aliphatic heterocycles. The number of hydrogen-bond donors (Lipinski definition) is 3. The van der Waals surface area contributed by atoms with Crippen LogP contribution in [0, 0.1) is 0 Å². The van der Waals surface area contributed by atoms with Crippen LogP contribution < -0.4 is 5.32 Å². The Bertz CT molecular complexity index is 504. The number of nitrogens with one attached hydrogen (secondary N) is 2. The monoisotopic (exact) mass is 205 g/mol. The number of aromatic amines is 1. The fourth-order valence-corrected chi connectivity index (χ4v) is 1.46. The lowest BCUT2D eigenvalue weighted by atomic mass is 10.2. The van der Waals surface area contributed by atoms with E-state index in [0.29, 0.717) is 23.1 Å². The van der Waals surface area contributed by atoms with Crippen LogP contribution in [0.25, 0.3) is 10.9 Å². The SMILES string of the molecule is CCNC(=O)c1nccc2c(O)c[nH]c12. The molecule has 2 aromatic heterocycles. The van der Waals surface area contributed by atoms with Crippen LogP contribution in [0.5, 0.6) is 5.75 Å². The van der Waals surface area contributed by atoms with Crippen molar-refractivity contribution in [1.82, 2.24) is 15.3 Å². The molecule has 0 atom stereocenters. The number of carbonyl (C=O) groups is 1. The van der Waals surface area contributed by atoms with Gasteiger partial charge in [0.15, 0.2) is 5.69 Å². The number of H-pyrrole nitrogens is 1. The number of nitrogens with zero attached hydrogens (tertiary/aromatic N) is 1. The average molecular weight is 205 g/mol. The van der Waals surface area contributed by atoms with E-state index in [1.54, 1.807) is 6.07 Å².